The van der Waals surface area contributed by atoms with Crippen LogP contribution < -0.4 is 14.8 Å². The van der Waals surface area contributed by atoms with Gasteiger partial charge in [-0.1, -0.05) is 11.8 Å². The second-order valence-electron chi connectivity index (χ2n) is 5.79. The Morgan fingerprint density at radius 3 is 2.82 bits per heavy atom. The smallest absolute Gasteiger partial charge is 0.234 e. The molecule has 0 aliphatic carbocycles. The van der Waals surface area contributed by atoms with E-state index in [1.165, 1.54) is 11.8 Å². The van der Waals surface area contributed by atoms with E-state index in [4.69, 9.17) is 14.2 Å². The number of ether oxygens (including phenoxy) is 3. The quantitative estimate of drug-likeness (QED) is 0.551. The average Bonchev–Trinajstić information content (AvgIpc) is 3.08. The Kier molecular flexibility index (Phi) is 6.72. The number of carbonyl (C=O) groups excluding carboxylic acids is 1. The summed E-state index contributed by atoms with van der Waals surface area (Å²) >= 11 is 1.35. The second-order valence-corrected chi connectivity index (χ2v) is 6.73. The van der Waals surface area contributed by atoms with Crippen molar-refractivity contribution in [2.24, 2.45) is 0 Å². The first-order valence-electron chi connectivity index (χ1n) is 8.61. The van der Waals surface area contributed by atoms with E-state index < -0.39 is 0 Å². The lowest BCUT2D eigenvalue weighted by atomic mass is 10.2. The van der Waals surface area contributed by atoms with Crippen molar-refractivity contribution in [3.63, 3.8) is 0 Å². The molecule has 1 aromatic carbocycles. The zero-order valence-electron chi connectivity index (χ0n) is 16.0. The summed E-state index contributed by atoms with van der Waals surface area (Å²) in [7, 11) is 4.77. The van der Waals surface area contributed by atoms with Gasteiger partial charge in [0.15, 0.2) is 10.8 Å². The predicted molar refractivity (Wildman–Crippen MR) is 108 cm³/mol. The molecule has 0 spiro atoms. The minimum atomic E-state index is -0.171. The van der Waals surface area contributed by atoms with Crippen molar-refractivity contribution in [2.75, 3.05) is 39.0 Å². The zero-order valence-corrected chi connectivity index (χ0v) is 16.8. The van der Waals surface area contributed by atoms with E-state index >= 15 is 0 Å². The van der Waals surface area contributed by atoms with Crippen molar-refractivity contribution >= 4 is 34.5 Å². The normalized spacial score (nSPS) is 10.8. The Bertz CT molecular complexity index is 960. The molecular formula is C19H22N4O4S. The number of nitrogens with one attached hydrogen (secondary N) is 1. The molecule has 0 atom stereocenters. The van der Waals surface area contributed by atoms with Crippen molar-refractivity contribution in [2.45, 2.75) is 11.7 Å². The number of fused-ring (bicyclic) bond motifs is 1. The predicted octanol–water partition coefficient (Wildman–Crippen LogP) is 2.83. The number of benzene rings is 1. The summed E-state index contributed by atoms with van der Waals surface area (Å²) in [6.45, 7) is 1.14. The minimum Gasteiger partial charge on any atom is -0.497 e. The van der Waals surface area contributed by atoms with E-state index in [-0.39, 0.29) is 11.7 Å². The van der Waals surface area contributed by atoms with Crippen molar-refractivity contribution in [1.82, 2.24) is 14.5 Å². The molecular weight excluding hydrogens is 380 g/mol. The van der Waals surface area contributed by atoms with Gasteiger partial charge >= 0.3 is 0 Å². The highest BCUT2D eigenvalue weighted by molar-refractivity contribution is 7.99. The van der Waals surface area contributed by atoms with Crippen molar-refractivity contribution in [1.29, 1.82) is 0 Å². The summed E-state index contributed by atoms with van der Waals surface area (Å²) in [5.41, 5.74) is 2.12. The van der Waals surface area contributed by atoms with Gasteiger partial charge in [0.2, 0.25) is 5.91 Å². The Morgan fingerprint density at radius 2 is 2.07 bits per heavy atom. The third kappa shape index (κ3) is 4.55. The van der Waals surface area contributed by atoms with Gasteiger partial charge in [0.05, 0.1) is 38.8 Å². The first kappa shape index (κ1) is 20.0. The molecule has 8 nitrogen and oxygen atoms in total. The van der Waals surface area contributed by atoms with Crippen LogP contribution >= 0.6 is 11.8 Å². The van der Waals surface area contributed by atoms with Crippen LogP contribution in [0.5, 0.6) is 11.5 Å². The fourth-order valence-electron chi connectivity index (χ4n) is 2.66. The van der Waals surface area contributed by atoms with E-state index in [0.29, 0.717) is 30.3 Å². The molecule has 1 N–H and O–H groups in total. The Hall–Kier alpha value is -2.78. The van der Waals surface area contributed by atoms with Crippen LogP contribution in [-0.2, 0) is 16.1 Å². The Balaban J connectivity index is 1.73. The third-order valence-corrected chi connectivity index (χ3v) is 4.98. The number of nitrogens with zero attached hydrogens (tertiary/aromatic N) is 3. The molecule has 0 bridgehead atoms. The number of amides is 1. The lowest BCUT2D eigenvalue weighted by Gasteiger charge is -2.12. The number of thioether (sulfide) groups is 1. The zero-order chi connectivity index (χ0) is 19.9. The van der Waals surface area contributed by atoms with Gasteiger partial charge in [-0.2, -0.15) is 0 Å². The summed E-state index contributed by atoms with van der Waals surface area (Å²) in [5.74, 6) is 1.22. The Labute approximate surface area is 167 Å². The molecule has 0 fully saturated rings. The standard InChI is InChI=1S/C19H22N4O4S/c1-25-10-9-23-18-14(5-4-8-20-18)22-19(23)28-12-17(24)21-15-11-13(26-2)6-7-16(15)27-3/h4-8,11H,9-10,12H2,1-3H3,(H,21,24). The molecule has 148 valence electrons. The molecule has 3 aromatic rings. The van der Waals surface area contributed by atoms with Crippen molar-refractivity contribution in [3.05, 3.63) is 36.5 Å². The monoisotopic (exact) mass is 402 g/mol. The van der Waals surface area contributed by atoms with Gasteiger partial charge in [-0.05, 0) is 24.3 Å². The largest absolute Gasteiger partial charge is 0.497 e. The fraction of sp³-hybridized carbons (Fsp3) is 0.316. The minimum absolute atomic E-state index is 0.171. The summed E-state index contributed by atoms with van der Waals surface area (Å²) in [6.07, 6.45) is 1.73. The van der Waals surface area contributed by atoms with Crippen LogP contribution in [0, 0.1) is 0 Å². The van der Waals surface area contributed by atoms with Gasteiger partial charge in [-0.15, -0.1) is 0 Å². The van der Waals surface area contributed by atoms with Crippen molar-refractivity contribution < 1.29 is 19.0 Å². The van der Waals surface area contributed by atoms with Gasteiger partial charge in [-0.25, -0.2) is 9.97 Å². The summed E-state index contributed by atoms with van der Waals surface area (Å²) < 4.78 is 17.6. The molecule has 2 aromatic heterocycles. The van der Waals surface area contributed by atoms with Crippen LogP contribution in [0.1, 0.15) is 0 Å². The average molecular weight is 402 g/mol. The number of anilines is 1. The maximum absolute atomic E-state index is 12.5. The maximum atomic E-state index is 12.5. The third-order valence-electron chi connectivity index (χ3n) is 4.00. The van der Waals surface area contributed by atoms with Gasteiger partial charge in [0.25, 0.3) is 0 Å². The summed E-state index contributed by atoms with van der Waals surface area (Å²) in [5, 5.41) is 3.58. The molecule has 2 heterocycles. The first-order chi connectivity index (χ1) is 13.7. The van der Waals surface area contributed by atoms with Crippen LogP contribution in [0.2, 0.25) is 0 Å². The molecule has 0 radical (unpaired) electrons. The highest BCUT2D eigenvalue weighted by Crippen LogP contribution is 2.29. The molecule has 28 heavy (non-hydrogen) atoms. The van der Waals surface area contributed by atoms with Crippen LogP contribution in [-0.4, -0.2) is 54.1 Å². The van der Waals surface area contributed by atoms with Crippen LogP contribution in [0.15, 0.2) is 41.7 Å². The number of hydrogen-bond acceptors (Lipinski definition) is 7. The number of pyridine rings is 1. The fourth-order valence-corrected chi connectivity index (χ4v) is 3.49. The molecule has 0 saturated carbocycles. The van der Waals surface area contributed by atoms with Gasteiger partial charge in [0.1, 0.15) is 17.0 Å². The number of carbonyl (C=O) groups is 1. The summed E-state index contributed by atoms with van der Waals surface area (Å²) in [4.78, 5) is 21.5. The number of rotatable bonds is 9. The van der Waals surface area contributed by atoms with E-state index in [2.05, 4.69) is 15.3 Å². The Morgan fingerprint density at radius 1 is 1.21 bits per heavy atom. The molecule has 1 amide bonds. The van der Waals surface area contributed by atoms with E-state index in [0.717, 1.165) is 16.3 Å². The number of aromatic nitrogens is 3. The van der Waals surface area contributed by atoms with Crippen LogP contribution in [0.4, 0.5) is 5.69 Å². The molecule has 0 aliphatic heterocycles. The van der Waals surface area contributed by atoms with Crippen LogP contribution in [0.3, 0.4) is 0 Å². The lowest BCUT2D eigenvalue weighted by molar-refractivity contribution is -0.113. The maximum Gasteiger partial charge on any atom is 0.234 e. The molecule has 0 saturated heterocycles. The van der Waals surface area contributed by atoms with E-state index in [1.54, 1.807) is 45.7 Å². The topological polar surface area (TPSA) is 87.5 Å². The molecule has 3 rings (SSSR count). The molecule has 0 aliphatic rings. The highest BCUT2D eigenvalue weighted by Gasteiger charge is 2.15. The van der Waals surface area contributed by atoms with Gasteiger partial charge < -0.3 is 24.1 Å². The molecule has 9 heteroatoms. The SMILES string of the molecule is COCCn1c(SCC(=O)Nc2cc(OC)ccc2OC)nc2cccnc21. The highest BCUT2D eigenvalue weighted by atomic mass is 32.2. The van der Waals surface area contributed by atoms with Crippen LogP contribution in [0.25, 0.3) is 11.2 Å². The summed E-state index contributed by atoms with van der Waals surface area (Å²) in [6, 6.07) is 8.98. The van der Waals surface area contributed by atoms with E-state index in [1.807, 2.05) is 16.7 Å². The second kappa shape index (κ2) is 9.43. The number of imidazole rings is 1. The van der Waals surface area contributed by atoms with Crippen molar-refractivity contribution in [3.8, 4) is 11.5 Å². The number of hydrogen-bond donors (Lipinski definition) is 1. The number of methoxy groups -OCH3 is 3. The first-order valence-corrected chi connectivity index (χ1v) is 9.59. The van der Waals surface area contributed by atoms with Gasteiger partial charge in [0, 0.05) is 19.4 Å². The molecule has 0 unspecified atom stereocenters. The lowest BCUT2D eigenvalue weighted by Crippen LogP contribution is -2.15. The van der Waals surface area contributed by atoms with E-state index in [9.17, 15) is 4.79 Å². The van der Waals surface area contributed by atoms with Gasteiger partial charge in [-0.3, -0.25) is 4.79 Å².